The average Bonchev–Trinajstić information content (AvgIpc) is 2.92. The van der Waals surface area contributed by atoms with E-state index >= 15 is 0 Å². The smallest absolute Gasteiger partial charge is 0.202 e. The number of hydrogen-bond acceptors (Lipinski definition) is 5. The van der Waals surface area contributed by atoms with Gasteiger partial charge in [-0.2, -0.15) is 9.36 Å². The predicted octanol–water partition coefficient (Wildman–Crippen LogP) is 4.66. The minimum Gasteiger partial charge on any atom is -0.374 e. The summed E-state index contributed by atoms with van der Waals surface area (Å²) in [6, 6.07) is 18.1. The molecule has 0 fully saturated rings. The molecule has 0 saturated carbocycles. The number of benzene rings is 2. The minimum atomic E-state index is 0.109. The second-order valence-electron chi connectivity index (χ2n) is 4.38. The molecule has 0 aliphatic heterocycles. The van der Waals surface area contributed by atoms with Crippen LogP contribution in [0, 0.1) is 0 Å². The number of anilines is 1. The van der Waals surface area contributed by atoms with Crippen molar-refractivity contribution < 1.29 is 0 Å². The van der Waals surface area contributed by atoms with E-state index in [1.165, 1.54) is 17.1 Å². The molecule has 1 unspecified atom stereocenters. The first kappa shape index (κ1) is 14.4. The number of nitrogens with two attached hydrogens (primary N) is 1. The van der Waals surface area contributed by atoms with Crippen LogP contribution in [0.3, 0.4) is 0 Å². The molecular formula is C15H12ClN3S2. The summed E-state index contributed by atoms with van der Waals surface area (Å²) >= 11 is 8.78. The molecule has 0 bridgehead atoms. The highest BCUT2D eigenvalue weighted by Crippen LogP contribution is 2.39. The maximum atomic E-state index is 5.98. The molecule has 6 heteroatoms. The van der Waals surface area contributed by atoms with Gasteiger partial charge in [-0.05, 0) is 23.3 Å². The van der Waals surface area contributed by atoms with Crippen molar-refractivity contribution in [2.24, 2.45) is 0 Å². The van der Waals surface area contributed by atoms with Crippen LogP contribution in [0.4, 0.5) is 5.13 Å². The number of hydrogen-bond donors (Lipinski definition) is 1. The maximum Gasteiger partial charge on any atom is 0.202 e. The van der Waals surface area contributed by atoms with E-state index in [4.69, 9.17) is 17.3 Å². The Kier molecular flexibility index (Phi) is 4.43. The van der Waals surface area contributed by atoms with Gasteiger partial charge in [-0.25, -0.2) is 0 Å². The van der Waals surface area contributed by atoms with Crippen molar-refractivity contribution in [1.29, 1.82) is 0 Å². The standard InChI is InChI=1S/C15H12ClN3S2/c16-12-8-6-11(7-9-12)13(10-4-2-1-3-5-10)20-15-18-14(17)21-19-15/h1-9,13H,(H2,17,18,19). The summed E-state index contributed by atoms with van der Waals surface area (Å²) in [5.41, 5.74) is 8.01. The van der Waals surface area contributed by atoms with Crippen molar-refractivity contribution in [2.45, 2.75) is 10.4 Å². The van der Waals surface area contributed by atoms with Gasteiger partial charge in [0, 0.05) is 16.6 Å². The van der Waals surface area contributed by atoms with Crippen LogP contribution < -0.4 is 5.73 Å². The number of thioether (sulfide) groups is 1. The van der Waals surface area contributed by atoms with Gasteiger partial charge in [0.1, 0.15) is 0 Å². The SMILES string of the molecule is Nc1nc(SC(c2ccccc2)c2ccc(Cl)cc2)ns1. The van der Waals surface area contributed by atoms with Gasteiger partial charge in [-0.3, -0.25) is 0 Å². The first-order chi connectivity index (χ1) is 10.2. The number of nitrogen functional groups attached to an aromatic ring is 1. The van der Waals surface area contributed by atoms with Crippen molar-refractivity contribution in [1.82, 2.24) is 9.36 Å². The molecule has 3 aromatic rings. The Morgan fingerprint density at radius 2 is 1.67 bits per heavy atom. The van der Waals surface area contributed by atoms with Crippen LogP contribution in [0.2, 0.25) is 5.02 Å². The third-order valence-electron chi connectivity index (χ3n) is 2.92. The van der Waals surface area contributed by atoms with Gasteiger partial charge in [0.25, 0.3) is 0 Å². The minimum absolute atomic E-state index is 0.109. The molecule has 2 N–H and O–H groups in total. The van der Waals surface area contributed by atoms with E-state index in [0.717, 1.165) is 10.6 Å². The van der Waals surface area contributed by atoms with Crippen LogP contribution in [-0.4, -0.2) is 9.36 Å². The molecule has 0 aliphatic carbocycles. The summed E-state index contributed by atoms with van der Waals surface area (Å²) in [4.78, 5) is 4.24. The first-order valence-electron chi connectivity index (χ1n) is 6.28. The molecule has 3 nitrogen and oxygen atoms in total. The lowest BCUT2D eigenvalue weighted by molar-refractivity contribution is 1.06. The molecule has 0 amide bonds. The fourth-order valence-corrected chi connectivity index (χ4v) is 3.72. The van der Waals surface area contributed by atoms with Crippen molar-refractivity contribution >= 4 is 40.0 Å². The predicted molar refractivity (Wildman–Crippen MR) is 89.9 cm³/mol. The lowest BCUT2D eigenvalue weighted by atomic mass is 10.0. The summed E-state index contributed by atoms with van der Waals surface area (Å²) in [5.74, 6) is 0. The summed E-state index contributed by atoms with van der Waals surface area (Å²) in [6.45, 7) is 0. The Morgan fingerprint density at radius 1 is 1.00 bits per heavy atom. The van der Waals surface area contributed by atoms with E-state index in [-0.39, 0.29) is 5.25 Å². The molecule has 21 heavy (non-hydrogen) atoms. The van der Waals surface area contributed by atoms with Gasteiger partial charge in [-0.15, -0.1) is 0 Å². The van der Waals surface area contributed by atoms with Crippen molar-refractivity contribution in [3.8, 4) is 0 Å². The fourth-order valence-electron chi connectivity index (χ4n) is 1.97. The molecule has 1 aromatic heterocycles. The zero-order valence-electron chi connectivity index (χ0n) is 10.9. The van der Waals surface area contributed by atoms with Crippen molar-refractivity contribution in [2.75, 3.05) is 5.73 Å². The Morgan fingerprint density at radius 3 is 2.29 bits per heavy atom. The first-order valence-corrected chi connectivity index (χ1v) is 8.32. The van der Waals surface area contributed by atoms with E-state index in [2.05, 4.69) is 21.5 Å². The van der Waals surface area contributed by atoms with Gasteiger partial charge in [-0.1, -0.05) is 65.8 Å². The third kappa shape index (κ3) is 3.56. The lowest BCUT2D eigenvalue weighted by Crippen LogP contribution is -1.97. The molecule has 0 saturated heterocycles. The normalized spacial score (nSPS) is 12.2. The lowest BCUT2D eigenvalue weighted by Gasteiger charge is -2.16. The highest BCUT2D eigenvalue weighted by atomic mass is 35.5. The molecule has 3 rings (SSSR count). The Labute approximate surface area is 136 Å². The van der Waals surface area contributed by atoms with Crippen LogP contribution in [0.1, 0.15) is 16.4 Å². The number of aromatic nitrogens is 2. The van der Waals surface area contributed by atoms with E-state index in [1.54, 1.807) is 11.8 Å². The van der Waals surface area contributed by atoms with Crippen LogP contribution in [0.5, 0.6) is 0 Å². The topological polar surface area (TPSA) is 51.8 Å². The van der Waals surface area contributed by atoms with Crippen LogP contribution >= 0.6 is 34.9 Å². The molecule has 0 aliphatic rings. The molecule has 0 radical (unpaired) electrons. The second-order valence-corrected chi connectivity index (χ2v) is 6.67. The van der Waals surface area contributed by atoms with E-state index < -0.39 is 0 Å². The number of rotatable bonds is 4. The summed E-state index contributed by atoms with van der Waals surface area (Å²) in [6.07, 6.45) is 0. The van der Waals surface area contributed by atoms with Gasteiger partial charge < -0.3 is 5.73 Å². The molecular weight excluding hydrogens is 322 g/mol. The van der Waals surface area contributed by atoms with Crippen molar-refractivity contribution in [3.05, 3.63) is 70.7 Å². The second kappa shape index (κ2) is 6.47. The van der Waals surface area contributed by atoms with Gasteiger partial charge in [0.15, 0.2) is 0 Å². The van der Waals surface area contributed by atoms with E-state index in [9.17, 15) is 0 Å². The van der Waals surface area contributed by atoms with Crippen LogP contribution in [0.15, 0.2) is 59.8 Å². The Bertz CT molecular complexity index is 713. The van der Waals surface area contributed by atoms with Gasteiger partial charge in [0.05, 0.1) is 5.25 Å². The molecule has 1 atom stereocenters. The molecule has 0 spiro atoms. The number of halogens is 1. The summed E-state index contributed by atoms with van der Waals surface area (Å²) < 4.78 is 4.27. The average molecular weight is 334 g/mol. The molecule has 2 aromatic carbocycles. The Balaban J connectivity index is 1.96. The van der Waals surface area contributed by atoms with Gasteiger partial charge in [0.2, 0.25) is 10.3 Å². The fraction of sp³-hybridized carbons (Fsp3) is 0.0667. The van der Waals surface area contributed by atoms with Crippen LogP contribution in [0.25, 0.3) is 0 Å². The highest BCUT2D eigenvalue weighted by Gasteiger charge is 2.18. The zero-order valence-corrected chi connectivity index (χ0v) is 13.3. The third-order valence-corrected chi connectivity index (χ3v) is 5.00. The highest BCUT2D eigenvalue weighted by molar-refractivity contribution is 7.99. The zero-order chi connectivity index (χ0) is 14.7. The van der Waals surface area contributed by atoms with Crippen molar-refractivity contribution in [3.63, 3.8) is 0 Å². The molecule has 1 heterocycles. The molecule has 106 valence electrons. The number of nitrogens with zero attached hydrogens (tertiary/aromatic N) is 2. The quantitative estimate of drug-likeness (QED) is 0.706. The summed E-state index contributed by atoms with van der Waals surface area (Å²) in [7, 11) is 0. The Hall–Kier alpha value is -1.56. The van der Waals surface area contributed by atoms with E-state index in [0.29, 0.717) is 10.3 Å². The van der Waals surface area contributed by atoms with Crippen LogP contribution in [-0.2, 0) is 0 Å². The monoisotopic (exact) mass is 333 g/mol. The van der Waals surface area contributed by atoms with Gasteiger partial charge >= 0.3 is 0 Å². The maximum absolute atomic E-state index is 5.98. The summed E-state index contributed by atoms with van der Waals surface area (Å²) in [5, 5.41) is 2.02. The largest absolute Gasteiger partial charge is 0.374 e. The van der Waals surface area contributed by atoms with E-state index in [1.807, 2.05) is 42.5 Å².